The van der Waals surface area contributed by atoms with Crippen LogP contribution in [0, 0.1) is 5.92 Å². The Labute approximate surface area is 93.4 Å². The van der Waals surface area contributed by atoms with Crippen LogP contribution in [-0.4, -0.2) is 55.9 Å². The van der Waals surface area contributed by atoms with E-state index in [0.717, 1.165) is 12.5 Å². The highest BCUT2D eigenvalue weighted by molar-refractivity contribution is 5.80. The molecule has 1 saturated heterocycles. The maximum atomic E-state index is 11.3. The number of rotatable bonds is 5. The van der Waals surface area contributed by atoms with Crippen molar-refractivity contribution in [1.82, 2.24) is 9.80 Å². The van der Waals surface area contributed by atoms with Crippen LogP contribution in [0.25, 0.3) is 0 Å². The highest BCUT2D eigenvalue weighted by atomic mass is 16.1. The van der Waals surface area contributed by atoms with Gasteiger partial charge in [0.05, 0.1) is 6.54 Å². The van der Waals surface area contributed by atoms with Crippen molar-refractivity contribution in [3.63, 3.8) is 0 Å². The second kappa shape index (κ2) is 6.23. The first-order valence-corrected chi connectivity index (χ1v) is 6.00. The average Bonchev–Trinajstić information content (AvgIpc) is 2.21. The summed E-state index contributed by atoms with van der Waals surface area (Å²) in [6.45, 7) is 6.06. The maximum absolute atomic E-state index is 11.3. The first-order valence-electron chi connectivity index (χ1n) is 6.00. The summed E-state index contributed by atoms with van der Waals surface area (Å²) < 4.78 is 0. The van der Waals surface area contributed by atoms with E-state index in [-0.39, 0.29) is 0 Å². The molecule has 15 heavy (non-hydrogen) atoms. The third kappa shape index (κ3) is 4.76. The van der Waals surface area contributed by atoms with Crippen molar-refractivity contribution < 1.29 is 4.79 Å². The minimum Gasteiger partial charge on any atom is -0.306 e. The average molecular weight is 212 g/mol. The van der Waals surface area contributed by atoms with E-state index < -0.39 is 0 Å². The molecule has 0 saturated carbocycles. The van der Waals surface area contributed by atoms with Gasteiger partial charge in [0.2, 0.25) is 0 Å². The number of likely N-dealkylation sites (N-methyl/N-ethyl adjacent to an activating group) is 1. The zero-order chi connectivity index (χ0) is 11.3. The van der Waals surface area contributed by atoms with Crippen molar-refractivity contribution in [1.29, 1.82) is 0 Å². The summed E-state index contributed by atoms with van der Waals surface area (Å²) in [6, 6.07) is 0. The van der Waals surface area contributed by atoms with Crippen molar-refractivity contribution in [3.05, 3.63) is 0 Å². The topological polar surface area (TPSA) is 23.6 Å². The summed E-state index contributed by atoms with van der Waals surface area (Å²) in [7, 11) is 4.24. The van der Waals surface area contributed by atoms with Gasteiger partial charge in [0, 0.05) is 13.0 Å². The summed E-state index contributed by atoms with van der Waals surface area (Å²) in [6.07, 6.45) is 3.22. The van der Waals surface area contributed by atoms with Gasteiger partial charge in [-0.05, 0) is 45.9 Å². The van der Waals surface area contributed by atoms with Gasteiger partial charge in [0.15, 0.2) is 0 Å². The number of hydrogen-bond donors (Lipinski definition) is 0. The van der Waals surface area contributed by atoms with E-state index in [1.165, 1.54) is 25.9 Å². The molecular weight excluding hydrogens is 188 g/mol. The fraction of sp³-hybridized carbons (Fsp3) is 0.917. The number of carbonyl (C=O) groups is 1. The van der Waals surface area contributed by atoms with Crippen LogP contribution in [0.3, 0.4) is 0 Å². The molecule has 3 heteroatoms. The summed E-state index contributed by atoms with van der Waals surface area (Å²) in [4.78, 5) is 15.8. The monoisotopic (exact) mass is 212 g/mol. The SMILES string of the molecule is CCC(=O)CN(C)CC1CCN(C)CC1. The maximum Gasteiger partial charge on any atom is 0.146 e. The molecule has 0 unspecified atom stereocenters. The smallest absolute Gasteiger partial charge is 0.146 e. The van der Waals surface area contributed by atoms with E-state index >= 15 is 0 Å². The molecular formula is C12H24N2O. The van der Waals surface area contributed by atoms with Gasteiger partial charge in [0.25, 0.3) is 0 Å². The lowest BCUT2D eigenvalue weighted by molar-refractivity contribution is -0.119. The predicted molar refractivity (Wildman–Crippen MR) is 63.0 cm³/mol. The molecule has 1 rings (SSSR count). The van der Waals surface area contributed by atoms with Crippen molar-refractivity contribution in [2.75, 3.05) is 40.3 Å². The van der Waals surface area contributed by atoms with Crippen molar-refractivity contribution >= 4 is 5.78 Å². The van der Waals surface area contributed by atoms with E-state index in [9.17, 15) is 4.79 Å². The Morgan fingerprint density at radius 1 is 1.40 bits per heavy atom. The van der Waals surface area contributed by atoms with Crippen LogP contribution in [0.2, 0.25) is 0 Å². The minimum absolute atomic E-state index is 0.352. The van der Waals surface area contributed by atoms with Gasteiger partial charge in [-0.2, -0.15) is 0 Å². The zero-order valence-electron chi connectivity index (χ0n) is 10.3. The lowest BCUT2D eigenvalue weighted by atomic mass is 9.96. The Morgan fingerprint density at radius 3 is 2.53 bits per heavy atom. The number of piperidine rings is 1. The van der Waals surface area contributed by atoms with Crippen LogP contribution in [0.5, 0.6) is 0 Å². The van der Waals surface area contributed by atoms with Crippen LogP contribution in [-0.2, 0) is 4.79 Å². The lowest BCUT2D eigenvalue weighted by Crippen LogP contribution is -2.37. The Morgan fingerprint density at radius 2 is 2.00 bits per heavy atom. The largest absolute Gasteiger partial charge is 0.306 e. The summed E-state index contributed by atoms with van der Waals surface area (Å²) in [5.74, 6) is 1.14. The molecule has 1 aliphatic heterocycles. The van der Waals surface area contributed by atoms with E-state index in [1.54, 1.807) is 0 Å². The van der Waals surface area contributed by atoms with Gasteiger partial charge in [-0.1, -0.05) is 6.92 Å². The molecule has 1 aliphatic rings. The van der Waals surface area contributed by atoms with Gasteiger partial charge >= 0.3 is 0 Å². The number of nitrogens with zero attached hydrogens (tertiary/aromatic N) is 2. The van der Waals surface area contributed by atoms with Crippen LogP contribution < -0.4 is 0 Å². The first-order chi connectivity index (χ1) is 7.11. The second-order valence-corrected chi connectivity index (χ2v) is 4.84. The third-order valence-corrected chi connectivity index (χ3v) is 3.25. The number of likely N-dealkylation sites (tertiary alicyclic amines) is 1. The number of Topliss-reactive ketones (excluding diaryl/α,β-unsaturated/α-hetero) is 1. The van der Waals surface area contributed by atoms with E-state index in [0.29, 0.717) is 18.7 Å². The van der Waals surface area contributed by atoms with Gasteiger partial charge in [0.1, 0.15) is 5.78 Å². The molecule has 0 amide bonds. The van der Waals surface area contributed by atoms with E-state index in [1.807, 2.05) is 6.92 Å². The Hall–Kier alpha value is -0.410. The molecule has 0 aromatic rings. The molecule has 0 aliphatic carbocycles. The highest BCUT2D eigenvalue weighted by Crippen LogP contribution is 2.16. The van der Waals surface area contributed by atoms with E-state index in [2.05, 4.69) is 23.9 Å². The molecule has 0 aromatic carbocycles. The number of carbonyl (C=O) groups excluding carboxylic acids is 1. The molecule has 1 heterocycles. The molecule has 0 N–H and O–H groups in total. The van der Waals surface area contributed by atoms with Crippen LogP contribution in [0.4, 0.5) is 0 Å². The van der Waals surface area contributed by atoms with Crippen LogP contribution in [0.1, 0.15) is 26.2 Å². The minimum atomic E-state index is 0.352. The van der Waals surface area contributed by atoms with Crippen molar-refractivity contribution in [2.45, 2.75) is 26.2 Å². The molecule has 0 aromatic heterocycles. The fourth-order valence-corrected chi connectivity index (χ4v) is 2.16. The fourth-order valence-electron chi connectivity index (χ4n) is 2.16. The van der Waals surface area contributed by atoms with Gasteiger partial charge in [-0.15, -0.1) is 0 Å². The molecule has 0 spiro atoms. The Kier molecular flexibility index (Phi) is 5.26. The quantitative estimate of drug-likeness (QED) is 0.685. The first kappa shape index (κ1) is 12.7. The molecule has 0 radical (unpaired) electrons. The Balaban J connectivity index is 2.20. The van der Waals surface area contributed by atoms with Gasteiger partial charge < -0.3 is 4.90 Å². The van der Waals surface area contributed by atoms with E-state index in [4.69, 9.17) is 0 Å². The van der Waals surface area contributed by atoms with Crippen molar-refractivity contribution in [2.24, 2.45) is 5.92 Å². The molecule has 0 atom stereocenters. The molecule has 3 nitrogen and oxygen atoms in total. The predicted octanol–water partition coefficient (Wildman–Crippen LogP) is 1.24. The molecule has 0 bridgehead atoms. The summed E-state index contributed by atoms with van der Waals surface area (Å²) in [5.41, 5.74) is 0. The normalized spacial score (nSPS) is 19.7. The molecule has 1 fully saturated rings. The van der Waals surface area contributed by atoms with Gasteiger partial charge in [-0.25, -0.2) is 0 Å². The summed E-state index contributed by atoms with van der Waals surface area (Å²) in [5, 5.41) is 0. The number of hydrogen-bond acceptors (Lipinski definition) is 3. The summed E-state index contributed by atoms with van der Waals surface area (Å²) >= 11 is 0. The lowest BCUT2D eigenvalue weighted by Gasteiger charge is -2.31. The van der Waals surface area contributed by atoms with Crippen LogP contribution in [0.15, 0.2) is 0 Å². The Bertz CT molecular complexity index is 198. The second-order valence-electron chi connectivity index (χ2n) is 4.84. The third-order valence-electron chi connectivity index (χ3n) is 3.25. The highest BCUT2D eigenvalue weighted by Gasteiger charge is 2.18. The molecule has 88 valence electrons. The number of ketones is 1. The van der Waals surface area contributed by atoms with Crippen LogP contribution >= 0.6 is 0 Å². The van der Waals surface area contributed by atoms with Gasteiger partial charge in [-0.3, -0.25) is 9.69 Å². The van der Waals surface area contributed by atoms with Crippen molar-refractivity contribution in [3.8, 4) is 0 Å². The standard InChI is InChI=1S/C12H24N2O/c1-4-12(15)10-14(3)9-11-5-7-13(2)8-6-11/h11H,4-10H2,1-3H3. The zero-order valence-corrected chi connectivity index (χ0v) is 10.3.